The summed E-state index contributed by atoms with van der Waals surface area (Å²) in [5.74, 6) is 0. The van der Waals surface area contributed by atoms with Gasteiger partial charge in [0.2, 0.25) is 0 Å². The van der Waals surface area contributed by atoms with Gasteiger partial charge in [0.1, 0.15) is 10.1 Å². The predicted molar refractivity (Wildman–Crippen MR) is 70.2 cm³/mol. The van der Waals surface area contributed by atoms with Crippen molar-refractivity contribution in [2.75, 3.05) is 0 Å². The Hall–Kier alpha value is -1.66. The van der Waals surface area contributed by atoms with Crippen LogP contribution in [0.2, 0.25) is 0 Å². The molecular formula is C12H8N2O2S2. The smallest absolute Gasteiger partial charge is 0.272 e. The molecule has 2 aromatic rings. The molecule has 0 spiro atoms. The van der Waals surface area contributed by atoms with E-state index in [-0.39, 0.29) is 0 Å². The highest BCUT2D eigenvalue weighted by molar-refractivity contribution is 8.24. The number of hydrogen-bond donors (Lipinski definition) is 0. The molecule has 0 saturated carbocycles. The lowest BCUT2D eigenvalue weighted by Crippen LogP contribution is -2.05. The van der Waals surface area contributed by atoms with Crippen LogP contribution in [0.3, 0.4) is 0 Å². The lowest BCUT2D eigenvalue weighted by atomic mass is 10.5. The topological polar surface area (TPSA) is 59.9 Å². The summed E-state index contributed by atoms with van der Waals surface area (Å²) in [6.45, 7) is 0. The monoisotopic (exact) mass is 276 g/mol. The first-order valence-corrected chi connectivity index (χ1v) is 6.65. The van der Waals surface area contributed by atoms with Crippen LogP contribution in [0.5, 0.6) is 0 Å². The van der Waals surface area contributed by atoms with Gasteiger partial charge in [0.05, 0.1) is 0 Å². The zero-order valence-corrected chi connectivity index (χ0v) is 10.8. The first-order chi connectivity index (χ1) is 8.75. The van der Waals surface area contributed by atoms with Crippen molar-refractivity contribution in [1.82, 2.24) is 9.97 Å². The second-order valence-electron chi connectivity index (χ2n) is 3.11. The maximum Gasteiger partial charge on any atom is 0.272 e. The first-order valence-electron chi connectivity index (χ1n) is 5.02. The van der Waals surface area contributed by atoms with Crippen LogP contribution in [0, 0.1) is 0 Å². The molecule has 0 fully saturated rings. The zero-order valence-electron chi connectivity index (χ0n) is 9.15. The number of carbonyl (C=O) groups is 2. The highest BCUT2D eigenvalue weighted by atomic mass is 32.2. The van der Waals surface area contributed by atoms with Crippen LogP contribution in [0.4, 0.5) is 0 Å². The number of thioether (sulfide) groups is 2. The van der Waals surface area contributed by atoms with Crippen molar-refractivity contribution >= 4 is 33.8 Å². The molecule has 0 aliphatic rings. The molecule has 0 amide bonds. The van der Waals surface area contributed by atoms with E-state index < -0.39 is 10.2 Å². The molecule has 0 unspecified atom stereocenters. The van der Waals surface area contributed by atoms with E-state index in [1.165, 1.54) is 0 Å². The average Bonchev–Trinajstić information content (AvgIpc) is 2.41. The lowest BCUT2D eigenvalue weighted by molar-refractivity contribution is -0.126. The molecule has 0 saturated heterocycles. The van der Waals surface area contributed by atoms with Gasteiger partial charge in [-0.2, -0.15) is 0 Å². The van der Waals surface area contributed by atoms with Gasteiger partial charge in [-0.25, -0.2) is 9.97 Å². The third kappa shape index (κ3) is 3.68. The number of nitrogens with zero attached hydrogens (tertiary/aromatic N) is 2. The quantitative estimate of drug-likeness (QED) is 0.620. The normalized spacial score (nSPS) is 10.0. The van der Waals surface area contributed by atoms with Crippen LogP contribution in [0.15, 0.2) is 58.8 Å². The minimum atomic E-state index is -0.552. The van der Waals surface area contributed by atoms with E-state index in [9.17, 15) is 9.59 Å². The Balaban J connectivity index is 1.96. The van der Waals surface area contributed by atoms with E-state index in [0.29, 0.717) is 10.1 Å². The Bertz CT molecular complexity index is 495. The minimum Gasteiger partial charge on any atom is -0.277 e. The fourth-order valence-electron chi connectivity index (χ4n) is 1.09. The molecule has 18 heavy (non-hydrogen) atoms. The van der Waals surface area contributed by atoms with Crippen molar-refractivity contribution in [2.45, 2.75) is 10.1 Å². The Labute approximate surface area is 112 Å². The largest absolute Gasteiger partial charge is 0.277 e. The Kier molecular flexibility index (Phi) is 4.49. The van der Waals surface area contributed by atoms with Gasteiger partial charge in [-0.3, -0.25) is 9.59 Å². The predicted octanol–water partition coefficient (Wildman–Crippen LogP) is 2.41. The zero-order chi connectivity index (χ0) is 12.8. The van der Waals surface area contributed by atoms with E-state index >= 15 is 0 Å². The number of pyridine rings is 2. The molecule has 0 radical (unpaired) electrons. The van der Waals surface area contributed by atoms with Crippen molar-refractivity contribution in [2.24, 2.45) is 0 Å². The van der Waals surface area contributed by atoms with Crippen LogP contribution < -0.4 is 0 Å². The molecule has 6 heteroatoms. The summed E-state index contributed by atoms with van der Waals surface area (Å²) >= 11 is 1.65. The third-order valence-corrected chi connectivity index (χ3v) is 3.61. The van der Waals surface area contributed by atoms with E-state index in [1.54, 1.807) is 48.8 Å². The van der Waals surface area contributed by atoms with Crippen LogP contribution in [0.1, 0.15) is 0 Å². The average molecular weight is 276 g/mol. The number of carbonyl (C=O) groups excluding carboxylic acids is 2. The second kappa shape index (κ2) is 6.32. The molecule has 4 nitrogen and oxygen atoms in total. The molecule has 2 heterocycles. The van der Waals surface area contributed by atoms with Gasteiger partial charge in [-0.05, 0) is 47.8 Å². The highest BCUT2D eigenvalue weighted by Crippen LogP contribution is 2.22. The summed E-state index contributed by atoms with van der Waals surface area (Å²) in [6.07, 6.45) is 3.15. The third-order valence-electron chi connectivity index (χ3n) is 1.84. The Morgan fingerprint density at radius 3 is 1.56 bits per heavy atom. The molecule has 0 N–H and O–H groups in total. The number of hydrogen-bond acceptors (Lipinski definition) is 6. The molecule has 0 aromatic carbocycles. The van der Waals surface area contributed by atoms with E-state index in [4.69, 9.17) is 0 Å². The van der Waals surface area contributed by atoms with Gasteiger partial charge < -0.3 is 0 Å². The maximum absolute atomic E-state index is 11.6. The lowest BCUT2D eigenvalue weighted by Gasteiger charge is -1.98. The molecule has 0 atom stereocenters. The maximum atomic E-state index is 11.6. The second-order valence-corrected chi connectivity index (χ2v) is 5.10. The van der Waals surface area contributed by atoms with Crippen molar-refractivity contribution in [3.8, 4) is 0 Å². The van der Waals surface area contributed by atoms with Gasteiger partial charge in [0.15, 0.2) is 0 Å². The van der Waals surface area contributed by atoms with Crippen LogP contribution in [-0.4, -0.2) is 20.2 Å². The van der Waals surface area contributed by atoms with Crippen molar-refractivity contribution in [3.63, 3.8) is 0 Å². The molecule has 2 rings (SSSR count). The summed E-state index contributed by atoms with van der Waals surface area (Å²) in [4.78, 5) is 31.2. The van der Waals surface area contributed by atoms with Crippen LogP contribution >= 0.6 is 23.5 Å². The van der Waals surface area contributed by atoms with Gasteiger partial charge >= 0.3 is 0 Å². The molecule has 90 valence electrons. The summed E-state index contributed by atoms with van der Waals surface area (Å²) in [5, 5.41) is -0.0800. The standard InChI is InChI=1S/C12H8N2O2S2/c15-11(17-9-5-1-3-7-13-9)12(16)18-10-6-2-4-8-14-10/h1-8H. The number of rotatable bonds is 2. The fraction of sp³-hybridized carbons (Fsp3) is 0. The Morgan fingerprint density at radius 2 is 1.22 bits per heavy atom. The first kappa shape index (κ1) is 12.8. The number of aromatic nitrogens is 2. The van der Waals surface area contributed by atoms with Crippen LogP contribution in [0.25, 0.3) is 0 Å². The van der Waals surface area contributed by atoms with Gasteiger partial charge in [0, 0.05) is 12.4 Å². The minimum absolute atomic E-state index is 0.512. The van der Waals surface area contributed by atoms with E-state index in [0.717, 1.165) is 23.5 Å². The Morgan fingerprint density at radius 1 is 0.778 bits per heavy atom. The van der Waals surface area contributed by atoms with Crippen molar-refractivity contribution in [1.29, 1.82) is 0 Å². The SMILES string of the molecule is O=C(Sc1ccccn1)C(=O)Sc1ccccn1. The fourth-order valence-corrected chi connectivity index (χ4v) is 2.41. The summed E-state index contributed by atoms with van der Waals surface area (Å²) in [6, 6.07) is 10.4. The highest BCUT2D eigenvalue weighted by Gasteiger charge is 2.17. The van der Waals surface area contributed by atoms with Crippen molar-refractivity contribution < 1.29 is 9.59 Å². The van der Waals surface area contributed by atoms with E-state index in [2.05, 4.69) is 9.97 Å². The molecule has 0 aliphatic heterocycles. The van der Waals surface area contributed by atoms with Gasteiger partial charge in [-0.1, -0.05) is 12.1 Å². The molecule has 0 bridgehead atoms. The summed E-state index contributed by atoms with van der Waals surface area (Å²) in [5.41, 5.74) is 0. The molecular weight excluding hydrogens is 268 g/mol. The molecule has 0 aliphatic carbocycles. The summed E-state index contributed by atoms with van der Waals surface area (Å²) in [7, 11) is 0. The van der Waals surface area contributed by atoms with Crippen LogP contribution in [-0.2, 0) is 9.59 Å². The van der Waals surface area contributed by atoms with E-state index in [1.807, 2.05) is 0 Å². The summed E-state index contributed by atoms with van der Waals surface area (Å²) < 4.78 is 0. The molecule has 2 aromatic heterocycles. The van der Waals surface area contributed by atoms with Crippen molar-refractivity contribution in [3.05, 3.63) is 48.8 Å². The van der Waals surface area contributed by atoms with Gasteiger partial charge in [0.25, 0.3) is 10.2 Å². The van der Waals surface area contributed by atoms with Gasteiger partial charge in [-0.15, -0.1) is 0 Å².